The van der Waals surface area contributed by atoms with E-state index in [2.05, 4.69) is 10.6 Å². The van der Waals surface area contributed by atoms with Crippen molar-refractivity contribution in [1.82, 2.24) is 4.90 Å². The molecule has 2 aromatic rings. The molecule has 0 aliphatic heterocycles. The lowest BCUT2D eigenvalue weighted by molar-refractivity contribution is -0.119. The Bertz CT molecular complexity index is 823. The Morgan fingerprint density at radius 2 is 1.57 bits per heavy atom. The topological polar surface area (TPSA) is 79.9 Å². The van der Waals surface area contributed by atoms with Crippen LogP contribution in [-0.2, 0) is 16.0 Å². The molecular weight excluding hydrogens is 358 g/mol. The van der Waals surface area contributed by atoms with Gasteiger partial charge in [0.2, 0.25) is 11.8 Å². The molecule has 0 atom stereocenters. The van der Waals surface area contributed by atoms with E-state index in [9.17, 15) is 9.59 Å². The van der Waals surface area contributed by atoms with Crippen LogP contribution in [0.5, 0.6) is 11.5 Å². The van der Waals surface area contributed by atoms with Gasteiger partial charge in [-0.05, 0) is 37.2 Å². The standard InChI is InChI=1S/C21H27N3O4/c1-5-15-8-6-7-9-17(15)22-20(25)13-24(2)14-21(26)23-18-11-10-16(27-3)12-19(18)28-4/h6-12H,5,13-14H2,1-4H3,(H,22,25)(H,23,26). The van der Waals surface area contributed by atoms with Gasteiger partial charge in [0.05, 0.1) is 33.0 Å². The number of hydrogen-bond acceptors (Lipinski definition) is 5. The van der Waals surface area contributed by atoms with Crippen molar-refractivity contribution in [3.63, 3.8) is 0 Å². The number of amides is 2. The second-order valence-electron chi connectivity index (χ2n) is 6.35. The smallest absolute Gasteiger partial charge is 0.238 e. The third-order valence-electron chi connectivity index (χ3n) is 4.18. The van der Waals surface area contributed by atoms with Gasteiger partial charge >= 0.3 is 0 Å². The second-order valence-corrected chi connectivity index (χ2v) is 6.35. The molecule has 0 aliphatic rings. The maximum atomic E-state index is 12.3. The molecule has 0 aliphatic carbocycles. The summed E-state index contributed by atoms with van der Waals surface area (Å²) >= 11 is 0. The first-order valence-electron chi connectivity index (χ1n) is 9.05. The molecule has 2 N–H and O–H groups in total. The van der Waals surface area contributed by atoms with Gasteiger partial charge in [-0.25, -0.2) is 0 Å². The lowest BCUT2D eigenvalue weighted by Crippen LogP contribution is -2.36. The molecule has 7 heteroatoms. The number of hydrogen-bond donors (Lipinski definition) is 2. The highest BCUT2D eigenvalue weighted by Crippen LogP contribution is 2.28. The average Bonchev–Trinajstić information content (AvgIpc) is 2.68. The summed E-state index contributed by atoms with van der Waals surface area (Å²) in [6, 6.07) is 12.8. The number of rotatable bonds is 9. The monoisotopic (exact) mass is 385 g/mol. The van der Waals surface area contributed by atoms with Crippen LogP contribution in [0.1, 0.15) is 12.5 Å². The lowest BCUT2D eigenvalue weighted by Gasteiger charge is -2.17. The van der Waals surface area contributed by atoms with Gasteiger partial charge in [-0.2, -0.15) is 0 Å². The molecule has 2 amide bonds. The van der Waals surface area contributed by atoms with Gasteiger partial charge in [-0.15, -0.1) is 0 Å². The first kappa shape index (κ1) is 21.2. The lowest BCUT2D eigenvalue weighted by atomic mass is 10.1. The summed E-state index contributed by atoms with van der Waals surface area (Å²) in [6.07, 6.45) is 0.832. The summed E-state index contributed by atoms with van der Waals surface area (Å²) in [5.41, 5.74) is 2.42. The van der Waals surface area contributed by atoms with Crippen LogP contribution >= 0.6 is 0 Å². The van der Waals surface area contributed by atoms with Gasteiger partial charge in [0.15, 0.2) is 0 Å². The van der Waals surface area contributed by atoms with Crippen molar-refractivity contribution in [3.8, 4) is 11.5 Å². The molecular formula is C21H27N3O4. The van der Waals surface area contributed by atoms with E-state index in [0.29, 0.717) is 17.2 Å². The number of carbonyl (C=O) groups excluding carboxylic acids is 2. The largest absolute Gasteiger partial charge is 0.497 e. The van der Waals surface area contributed by atoms with Gasteiger partial charge in [-0.3, -0.25) is 14.5 Å². The number of benzene rings is 2. The maximum Gasteiger partial charge on any atom is 0.238 e. The zero-order valence-corrected chi connectivity index (χ0v) is 16.7. The molecule has 0 saturated carbocycles. The first-order chi connectivity index (χ1) is 13.5. The van der Waals surface area contributed by atoms with Crippen LogP contribution in [0, 0.1) is 0 Å². The highest BCUT2D eigenvalue weighted by molar-refractivity contribution is 5.95. The predicted molar refractivity (Wildman–Crippen MR) is 110 cm³/mol. The molecule has 150 valence electrons. The second kappa shape index (κ2) is 10.3. The SMILES string of the molecule is CCc1ccccc1NC(=O)CN(C)CC(=O)Nc1ccc(OC)cc1OC. The Kier molecular flexibility index (Phi) is 7.83. The molecule has 28 heavy (non-hydrogen) atoms. The van der Waals surface area contributed by atoms with Crippen molar-refractivity contribution in [2.24, 2.45) is 0 Å². The highest BCUT2D eigenvalue weighted by atomic mass is 16.5. The number of aryl methyl sites for hydroxylation is 1. The van der Waals surface area contributed by atoms with Crippen LogP contribution in [0.25, 0.3) is 0 Å². The maximum absolute atomic E-state index is 12.3. The van der Waals surface area contributed by atoms with Gasteiger partial charge in [0, 0.05) is 11.8 Å². The van der Waals surface area contributed by atoms with E-state index in [1.807, 2.05) is 31.2 Å². The highest BCUT2D eigenvalue weighted by Gasteiger charge is 2.14. The van der Waals surface area contributed by atoms with Crippen LogP contribution in [0.3, 0.4) is 0 Å². The van der Waals surface area contributed by atoms with E-state index >= 15 is 0 Å². The third-order valence-corrected chi connectivity index (χ3v) is 4.18. The van der Waals surface area contributed by atoms with Crippen LogP contribution < -0.4 is 20.1 Å². The van der Waals surface area contributed by atoms with Gasteiger partial charge in [-0.1, -0.05) is 25.1 Å². The van der Waals surface area contributed by atoms with Gasteiger partial charge < -0.3 is 20.1 Å². The fourth-order valence-electron chi connectivity index (χ4n) is 2.78. The van der Waals surface area contributed by atoms with Crippen molar-refractivity contribution in [3.05, 3.63) is 48.0 Å². The number of carbonyl (C=O) groups is 2. The van der Waals surface area contributed by atoms with Crippen molar-refractivity contribution >= 4 is 23.2 Å². The normalized spacial score (nSPS) is 10.5. The first-order valence-corrected chi connectivity index (χ1v) is 9.05. The summed E-state index contributed by atoms with van der Waals surface area (Å²) in [5.74, 6) is 0.728. The average molecular weight is 385 g/mol. The molecule has 7 nitrogen and oxygen atoms in total. The van der Waals surface area contributed by atoms with E-state index in [0.717, 1.165) is 17.7 Å². The quantitative estimate of drug-likeness (QED) is 0.694. The Morgan fingerprint density at radius 1 is 0.929 bits per heavy atom. The minimum atomic E-state index is -0.243. The molecule has 0 radical (unpaired) electrons. The number of methoxy groups -OCH3 is 2. The van der Waals surface area contributed by atoms with Crippen molar-refractivity contribution in [1.29, 1.82) is 0 Å². The zero-order valence-electron chi connectivity index (χ0n) is 16.7. The summed E-state index contributed by atoms with van der Waals surface area (Å²) < 4.78 is 10.4. The van der Waals surface area contributed by atoms with Crippen LogP contribution in [0.4, 0.5) is 11.4 Å². The Morgan fingerprint density at radius 3 is 2.18 bits per heavy atom. The fraction of sp³-hybridized carbons (Fsp3) is 0.333. The molecule has 0 saturated heterocycles. The molecule has 0 unspecified atom stereocenters. The van der Waals surface area contributed by atoms with E-state index in [1.54, 1.807) is 37.3 Å². The van der Waals surface area contributed by atoms with Crippen molar-refractivity contribution in [2.75, 3.05) is 45.0 Å². The minimum Gasteiger partial charge on any atom is -0.497 e. The molecule has 2 aromatic carbocycles. The molecule has 0 heterocycles. The predicted octanol–water partition coefficient (Wildman–Crippen LogP) is 2.78. The van der Waals surface area contributed by atoms with E-state index in [1.165, 1.54) is 7.11 Å². The van der Waals surface area contributed by atoms with Crippen molar-refractivity contribution in [2.45, 2.75) is 13.3 Å². The molecule has 2 rings (SSSR count). The van der Waals surface area contributed by atoms with Gasteiger partial charge in [0.1, 0.15) is 11.5 Å². The van der Waals surface area contributed by atoms with Crippen LogP contribution in [-0.4, -0.2) is 51.1 Å². The van der Waals surface area contributed by atoms with E-state index in [-0.39, 0.29) is 24.9 Å². The Hall–Kier alpha value is -3.06. The summed E-state index contributed by atoms with van der Waals surface area (Å²) in [5, 5.41) is 5.69. The molecule has 0 fully saturated rings. The van der Waals surface area contributed by atoms with Crippen LogP contribution in [0.2, 0.25) is 0 Å². The molecule has 0 bridgehead atoms. The fourth-order valence-corrected chi connectivity index (χ4v) is 2.78. The number of nitrogens with zero attached hydrogens (tertiary/aromatic N) is 1. The van der Waals surface area contributed by atoms with Gasteiger partial charge in [0.25, 0.3) is 0 Å². The van der Waals surface area contributed by atoms with E-state index in [4.69, 9.17) is 9.47 Å². The minimum absolute atomic E-state index is 0.0675. The number of ether oxygens (including phenoxy) is 2. The molecule has 0 spiro atoms. The Balaban J connectivity index is 1.89. The van der Waals surface area contributed by atoms with Crippen molar-refractivity contribution < 1.29 is 19.1 Å². The number of nitrogens with one attached hydrogen (secondary N) is 2. The Labute approximate surface area is 165 Å². The molecule has 0 aromatic heterocycles. The summed E-state index contributed by atoms with van der Waals surface area (Å²) in [4.78, 5) is 26.2. The van der Waals surface area contributed by atoms with Crippen LogP contribution in [0.15, 0.2) is 42.5 Å². The summed E-state index contributed by atoms with van der Waals surface area (Å²) in [6.45, 7) is 2.21. The number of anilines is 2. The summed E-state index contributed by atoms with van der Waals surface area (Å²) in [7, 11) is 4.80. The number of likely N-dealkylation sites (N-methyl/N-ethyl adjacent to an activating group) is 1. The van der Waals surface area contributed by atoms with E-state index < -0.39 is 0 Å². The third kappa shape index (κ3) is 5.99. The zero-order chi connectivity index (χ0) is 20.5. The number of para-hydroxylation sites is 1.